The van der Waals surface area contributed by atoms with E-state index in [1.54, 1.807) is 25.5 Å². The second kappa shape index (κ2) is 5.39. The fourth-order valence-electron chi connectivity index (χ4n) is 1.84. The molecular formula is C12H16N2O3S. The average Bonchev–Trinajstić information content (AvgIpc) is 2.35. The van der Waals surface area contributed by atoms with Crippen LogP contribution in [0.25, 0.3) is 0 Å². The van der Waals surface area contributed by atoms with Crippen LogP contribution in [0.5, 0.6) is 5.75 Å². The molecule has 0 aromatic heterocycles. The van der Waals surface area contributed by atoms with Crippen LogP contribution < -0.4 is 15.4 Å². The molecule has 2 unspecified atom stereocenters. The number of ether oxygens (including phenoxy) is 1. The summed E-state index contributed by atoms with van der Waals surface area (Å²) >= 11 is 0. The summed E-state index contributed by atoms with van der Waals surface area (Å²) in [5.41, 5.74) is 1.58. The zero-order valence-electron chi connectivity index (χ0n) is 10.4. The maximum Gasteiger partial charge on any atom is 0.246 e. The molecule has 2 N–H and O–H groups in total. The molecule has 1 aromatic carbocycles. The quantitative estimate of drug-likeness (QED) is 0.861. The van der Waals surface area contributed by atoms with Crippen LogP contribution in [-0.4, -0.2) is 35.3 Å². The van der Waals surface area contributed by atoms with Gasteiger partial charge in [-0.2, -0.15) is 0 Å². The summed E-state index contributed by atoms with van der Waals surface area (Å²) in [5.74, 6) is 1.15. The van der Waals surface area contributed by atoms with Crippen molar-refractivity contribution in [3.05, 3.63) is 18.2 Å². The van der Waals surface area contributed by atoms with Crippen LogP contribution in [0.2, 0.25) is 0 Å². The van der Waals surface area contributed by atoms with Crippen LogP contribution in [0.1, 0.15) is 6.42 Å². The number of hydrogen-bond donors (Lipinski definition) is 2. The lowest BCUT2D eigenvalue weighted by Gasteiger charge is -2.26. The number of methoxy groups -OCH3 is 1. The van der Waals surface area contributed by atoms with Crippen LogP contribution in [-0.2, 0) is 15.6 Å². The minimum absolute atomic E-state index is 0.0851. The summed E-state index contributed by atoms with van der Waals surface area (Å²) in [6, 6.07) is 5.09. The van der Waals surface area contributed by atoms with Gasteiger partial charge in [-0.3, -0.25) is 9.00 Å². The van der Waals surface area contributed by atoms with Gasteiger partial charge in [-0.1, -0.05) is 0 Å². The zero-order valence-corrected chi connectivity index (χ0v) is 11.2. The van der Waals surface area contributed by atoms with Crippen molar-refractivity contribution in [3.8, 4) is 5.75 Å². The van der Waals surface area contributed by atoms with Crippen molar-refractivity contribution in [2.75, 3.05) is 29.8 Å². The molecule has 0 spiro atoms. The second-order valence-electron chi connectivity index (χ2n) is 4.16. The SMILES string of the molecule is COc1ccc2c(c1)NC(CCS(C)=O)C(=O)N2. The van der Waals surface area contributed by atoms with E-state index in [0.29, 0.717) is 12.2 Å². The fraction of sp³-hybridized carbons (Fsp3) is 0.417. The molecule has 0 saturated carbocycles. The zero-order chi connectivity index (χ0) is 13.1. The van der Waals surface area contributed by atoms with Gasteiger partial charge in [-0.05, 0) is 18.6 Å². The van der Waals surface area contributed by atoms with Crippen molar-refractivity contribution in [2.24, 2.45) is 0 Å². The van der Waals surface area contributed by atoms with E-state index in [1.165, 1.54) is 0 Å². The lowest BCUT2D eigenvalue weighted by atomic mass is 10.1. The van der Waals surface area contributed by atoms with Gasteiger partial charge in [-0.15, -0.1) is 0 Å². The molecule has 2 atom stereocenters. The minimum Gasteiger partial charge on any atom is -0.497 e. The molecule has 1 aliphatic rings. The lowest BCUT2D eigenvalue weighted by Crippen LogP contribution is -2.39. The predicted molar refractivity (Wildman–Crippen MR) is 72.6 cm³/mol. The largest absolute Gasteiger partial charge is 0.497 e. The summed E-state index contributed by atoms with van der Waals surface area (Å²) in [6.07, 6.45) is 2.18. The number of anilines is 2. The number of benzene rings is 1. The predicted octanol–water partition coefficient (Wildman–Crippen LogP) is 1.20. The van der Waals surface area contributed by atoms with E-state index in [2.05, 4.69) is 10.6 Å². The fourth-order valence-corrected chi connectivity index (χ4v) is 2.41. The van der Waals surface area contributed by atoms with Crippen LogP contribution in [0.15, 0.2) is 18.2 Å². The Balaban J connectivity index is 2.14. The Labute approximate surface area is 108 Å². The number of nitrogens with one attached hydrogen (secondary N) is 2. The lowest BCUT2D eigenvalue weighted by molar-refractivity contribution is -0.117. The van der Waals surface area contributed by atoms with Crippen LogP contribution in [0.4, 0.5) is 11.4 Å². The standard InChI is InChI=1S/C12H16N2O3S/c1-17-8-3-4-9-11(7-8)13-10(12(15)14-9)5-6-18(2)16/h3-4,7,10,13H,5-6H2,1-2H3,(H,14,15). The van der Waals surface area contributed by atoms with Gasteiger partial charge in [0.25, 0.3) is 0 Å². The molecule has 0 saturated heterocycles. The molecule has 6 heteroatoms. The van der Waals surface area contributed by atoms with Crippen molar-refractivity contribution in [1.82, 2.24) is 0 Å². The van der Waals surface area contributed by atoms with Gasteiger partial charge in [0.1, 0.15) is 11.8 Å². The van der Waals surface area contributed by atoms with Crippen molar-refractivity contribution in [1.29, 1.82) is 0 Å². The van der Waals surface area contributed by atoms with Gasteiger partial charge in [0.15, 0.2) is 0 Å². The first kappa shape index (κ1) is 12.9. The topological polar surface area (TPSA) is 67.4 Å². The van der Waals surface area contributed by atoms with E-state index in [1.807, 2.05) is 6.07 Å². The van der Waals surface area contributed by atoms with E-state index in [-0.39, 0.29) is 11.9 Å². The summed E-state index contributed by atoms with van der Waals surface area (Å²) in [4.78, 5) is 11.8. The van der Waals surface area contributed by atoms with Crippen LogP contribution >= 0.6 is 0 Å². The maximum atomic E-state index is 11.8. The molecule has 0 radical (unpaired) electrons. The van der Waals surface area contributed by atoms with Crippen LogP contribution in [0.3, 0.4) is 0 Å². The Kier molecular flexibility index (Phi) is 3.86. The first-order chi connectivity index (χ1) is 8.60. The normalized spacial score (nSPS) is 19.4. The van der Waals surface area contributed by atoms with E-state index in [0.717, 1.165) is 17.1 Å². The Morgan fingerprint density at radius 3 is 2.83 bits per heavy atom. The molecule has 1 amide bonds. The summed E-state index contributed by atoms with van der Waals surface area (Å²) in [7, 11) is 0.707. The number of amides is 1. The highest BCUT2D eigenvalue weighted by Gasteiger charge is 2.25. The first-order valence-electron chi connectivity index (χ1n) is 5.65. The molecular weight excluding hydrogens is 252 g/mol. The van der Waals surface area contributed by atoms with E-state index in [9.17, 15) is 9.00 Å². The summed E-state index contributed by atoms with van der Waals surface area (Å²) < 4.78 is 16.2. The van der Waals surface area contributed by atoms with E-state index < -0.39 is 10.8 Å². The molecule has 18 heavy (non-hydrogen) atoms. The highest BCUT2D eigenvalue weighted by molar-refractivity contribution is 7.84. The Morgan fingerprint density at radius 2 is 2.17 bits per heavy atom. The molecule has 1 aliphatic heterocycles. The number of hydrogen-bond acceptors (Lipinski definition) is 4. The molecule has 98 valence electrons. The van der Waals surface area contributed by atoms with Gasteiger partial charge in [-0.25, -0.2) is 0 Å². The molecule has 0 bridgehead atoms. The van der Waals surface area contributed by atoms with E-state index in [4.69, 9.17) is 4.74 Å². The molecule has 1 heterocycles. The van der Waals surface area contributed by atoms with Gasteiger partial charge in [0.2, 0.25) is 5.91 Å². The number of carbonyl (C=O) groups excluding carboxylic acids is 1. The Hall–Kier alpha value is -1.56. The van der Waals surface area contributed by atoms with Crippen molar-refractivity contribution in [3.63, 3.8) is 0 Å². The third-order valence-corrected chi connectivity index (χ3v) is 3.64. The average molecular weight is 268 g/mol. The molecule has 1 aromatic rings. The number of rotatable bonds is 4. The summed E-state index contributed by atoms with van der Waals surface area (Å²) in [5, 5.41) is 5.98. The van der Waals surface area contributed by atoms with Crippen molar-refractivity contribution < 1.29 is 13.7 Å². The molecule has 5 nitrogen and oxygen atoms in total. The molecule has 0 fully saturated rings. The van der Waals surface area contributed by atoms with E-state index >= 15 is 0 Å². The molecule has 2 rings (SSSR count). The second-order valence-corrected chi connectivity index (χ2v) is 5.72. The smallest absolute Gasteiger partial charge is 0.246 e. The highest BCUT2D eigenvalue weighted by Crippen LogP contribution is 2.31. The minimum atomic E-state index is -0.891. The Morgan fingerprint density at radius 1 is 1.39 bits per heavy atom. The van der Waals surface area contributed by atoms with Crippen molar-refractivity contribution >= 4 is 28.1 Å². The highest BCUT2D eigenvalue weighted by atomic mass is 32.2. The number of carbonyl (C=O) groups is 1. The third-order valence-electron chi connectivity index (χ3n) is 2.82. The monoisotopic (exact) mass is 268 g/mol. The number of fused-ring (bicyclic) bond motifs is 1. The molecule has 0 aliphatic carbocycles. The van der Waals surface area contributed by atoms with Gasteiger partial charge in [0.05, 0.1) is 18.5 Å². The van der Waals surface area contributed by atoms with Gasteiger partial charge >= 0.3 is 0 Å². The Bertz CT molecular complexity index is 490. The maximum absolute atomic E-state index is 11.8. The van der Waals surface area contributed by atoms with Crippen molar-refractivity contribution in [2.45, 2.75) is 12.5 Å². The van der Waals surface area contributed by atoms with Gasteiger partial charge < -0.3 is 15.4 Å². The van der Waals surface area contributed by atoms with Crippen LogP contribution in [0, 0.1) is 0 Å². The first-order valence-corrected chi connectivity index (χ1v) is 7.38. The summed E-state index contributed by atoms with van der Waals surface area (Å²) in [6.45, 7) is 0. The van der Waals surface area contributed by atoms with Gasteiger partial charge in [0, 0.05) is 28.9 Å². The third kappa shape index (κ3) is 2.81.